The Morgan fingerprint density at radius 3 is 2.66 bits per heavy atom. The summed E-state index contributed by atoms with van der Waals surface area (Å²) in [6.07, 6.45) is 1.13. The van der Waals surface area contributed by atoms with E-state index < -0.39 is 0 Å². The van der Waals surface area contributed by atoms with E-state index in [9.17, 15) is 0 Å². The Morgan fingerprint density at radius 1 is 1.12 bits per heavy atom. The van der Waals surface area contributed by atoms with Crippen LogP contribution in [0.25, 0.3) is 0 Å². The van der Waals surface area contributed by atoms with Gasteiger partial charge in [-0.3, -0.25) is 4.99 Å². The largest absolute Gasteiger partial charge is 0.492 e. The van der Waals surface area contributed by atoms with Gasteiger partial charge in [-0.15, -0.1) is 24.0 Å². The fraction of sp³-hybridized carbons (Fsp3) is 0.480. The molecule has 2 aromatic rings. The molecule has 0 aromatic heterocycles. The number of guanidine groups is 1. The van der Waals surface area contributed by atoms with Gasteiger partial charge >= 0.3 is 0 Å². The van der Waals surface area contributed by atoms with Crippen LogP contribution in [0.5, 0.6) is 5.75 Å². The van der Waals surface area contributed by atoms with Gasteiger partial charge in [-0.05, 0) is 43.8 Å². The molecule has 1 unspecified atom stereocenters. The first-order chi connectivity index (χ1) is 15.1. The lowest BCUT2D eigenvalue weighted by Gasteiger charge is -2.22. The van der Waals surface area contributed by atoms with Crippen LogP contribution in [-0.4, -0.2) is 69.8 Å². The molecule has 2 aromatic carbocycles. The first-order valence-electron chi connectivity index (χ1n) is 11.1. The zero-order valence-electron chi connectivity index (χ0n) is 19.5. The first-order valence-corrected chi connectivity index (χ1v) is 11.1. The van der Waals surface area contributed by atoms with Gasteiger partial charge in [0.05, 0.1) is 13.2 Å². The molecule has 1 atom stereocenters. The summed E-state index contributed by atoms with van der Waals surface area (Å²) in [4.78, 5) is 8.94. The Kier molecular flexibility index (Phi) is 11.8. The molecule has 1 fully saturated rings. The number of hydrogen-bond acceptors (Lipinski definition) is 4. The summed E-state index contributed by atoms with van der Waals surface area (Å²) in [7, 11) is 5.95. The number of ether oxygens (including phenoxy) is 2. The molecule has 1 N–H and O–H groups in total. The zero-order chi connectivity index (χ0) is 21.9. The average molecular weight is 553 g/mol. The molecule has 7 heteroatoms. The number of aliphatic imine (C=N–C) groups is 1. The van der Waals surface area contributed by atoms with Gasteiger partial charge in [-0.1, -0.05) is 42.5 Å². The minimum absolute atomic E-state index is 0. The van der Waals surface area contributed by atoms with Gasteiger partial charge in [0, 0.05) is 39.1 Å². The van der Waals surface area contributed by atoms with Crippen LogP contribution in [0.4, 0.5) is 0 Å². The third kappa shape index (κ3) is 8.96. The molecule has 176 valence electrons. The SMILES string of the molecule is CN=C(NCc1cccc(OCCN(C)C)c1)N1CCC(COCc2ccccc2)C1.I. The Bertz CT molecular complexity index is 817. The van der Waals surface area contributed by atoms with Crippen LogP contribution in [0.15, 0.2) is 59.6 Å². The molecule has 32 heavy (non-hydrogen) atoms. The van der Waals surface area contributed by atoms with Crippen molar-refractivity contribution in [2.75, 3.05) is 54.0 Å². The summed E-state index contributed by atoms with van der Waals surface area (Å²) >= 11 is 0. The van der Waals surface area contributed by atoms with E-state index in [4.69, 9.17) is 9.47 Å². The minimum Gasteiger partial charge on any atom is -0.492 e. The summed E-state index contributed by atoms with van der Waals surface area (Å²) < 4.78 is 11.8. The predicted octanol–water partition coefficient (Wildman–Crippen LogP) is 3.86. The second-order valence-corrected chi connectivity index (χ2v) is 8.30. The number of hydrogen-bond donors (Lipinski definition) is 1. The van der Waals surface area contributed by atoms with E-state index in [1.54, 1.807) is 0 Å². The quantitative estimate of drug-likeness (QED) is 0.276. The highest BCUT2D eigenvalue weighted by atomic mass is 127. The fourth-order valence-electron chi connectivity index (χ4n) is 3.68. The Balaban J connectivity index is 0.00000363. The Morgan fingerprint density at radius 2 is 1.91 bits per heavy atom. The molecule has 1 heterocycles. The topological polar surface area (TPSA) is 49.3 Å². The highest BCUT2D eigenvalue weighted by Gasteiger charge is 2.25. The van der Waals surface area contributed by atoms with Crippen LogP contribution in [-0.2, 0) is 17.9 Å². The molecule has 0 spiro atoms. The van der Waals surface area contributed by atoms with Gasteiger partial charge in [0.15, 0.2) is 5.96 Å². The van der Waals surface area contributed by atoms with Crippen molar-refractivity contribution in [1.29, 1.82) is 0 Å². The minimum atomic E-state index is 0. The van der Waals surface area contributed by atoms with Gasteiger partial charge in [0.1, 0.15) is 12.4 Å². The predicted molar refractivity (Wildman–Crippen MR) is 142 cm³/mol. The van der Waals surface area contributed by atoms with E-state index >= 15 is 0 Å². The van der Waals surface area contributed by atoms with Gasteiger partial charge in [-0.2, -0.15) is 0 Å². The van der Waals surface area contributed by atoms with E-state index in [1.807, 2.05) is 39.3 Å². The lowest BCUT2D eigenvalue weighted by molar-refractivity contribution is 0.0906. The summed E-state index contributed by atoms with van der Waals surface area (Å²) in [5.74, 6) is 2.40. The van der Waals surface area contributed by atoms with Crippen LogP contribution >= 0.6 is 24.0 Å². The standard InChI is InChI=1S/C25H36N4O2.HI/c1-26-25(27-17-22-10-7-11-24(16-22)31-15-14-28(2)3)29-13-12-23(18-29)20-30-19-21-8-5-4-6-9-21;/h4-11,16,23H,12-15,17-20H2,1-3H3,(H,26,27);1H. The second kappa shape index (κ2) is 14.3. The molecule has 1 saturated heterocycles. The molecule has 0 aliphatic carbocycles. The number of benzene rings is 2. The maximum Gasteiger partial charge on any atom is 0.193 e. The number of likely N-dealkylation sites (tertiary alicyclic amines) is 1. The average Bonchev–Trinajstić information content (AvgIpc) is 3.24. The highest BCUT2D eigenvalue weighted by Crippen LogP contribution is 2.18. The molecule has 0 radical (unpaired) electrons. The molecule has 0 bridgehead atoms. The number of likely N-dealkylation sites (N-methyl/N-ethyl adjacent to an activating group) is 1. The van der Waals surface area contributed by atoms with Crippen molar-refractivity contribution in [3.8, 4) is 5.75 Å². The van der Waals surface area contributed by atoms with E-state index in [0.29, 0.717) is 19.1 Å². The second-order valence-electron chi connectivity index (χ2n) is 8.30. The van der Waals surface area contributed by atoms with Gasteiger partial charge in [0.2, 0.25) is 0 Å². The molecular weight excluding hydrogens is 515 g/mol. The van der Waals surface area contributed by atoms with Crippen molar-refractivity contribution in [3.63, 3.8) is 0 Å². The van der Waals surface area contributed by atoms with Crippen molar-refractivity contribution in [2.24, 2.45) is 10.9 Å². The van der Waals surface area contributed by atoms with Crippen LogP contribution < -0.4 is 10.1 Å². The van der Waals surface area contributed by atoms with Crippen molar-refractivity contribution in [1.82, 2.24) is 15.1 Å². The van der Waals surface area contributed by atoms with Gasteiger partial charge < -0.3 is 24.6 Å². The van der Waals surface area contributed by atoms with E-state index in [1.165, 1.54) is 11.1 Å². The number of rotatable bonds is 10. The van der Waals surface area contributed by atoms with E-state index in [0.717, 1.165) is 50.9 Å². The van der Waals surface area contributed by atoms with Gasteiger partial charge in [-0.25, -0.2) is 0 Å². The van der Waals surface area contributed by atoms with Crippen molar-refractivity contribution < 1.29 is 9.47 Å². The molecule has 3 rings (SSSR count). The maximum absolute atomic E-state index is 5.95. The van der Waals surface area contributed by atoms with Crippen molar-refractivity contribution in [3.05, 3.63) is 65.7 Å². The fourth-order valence-corrected chi connectivity index (χ4v) is 3.68. The summed E-state index contributed by atoms with van der Waals surface area (Å²) in [6.45, 7) is 5.76. The number of nitrogens with one attached hydrogen (secondary N) is 1. The van der Waals surface area contributed by atoms with Crippen molar-refractivity contribution >= 4 is 29.9 Å². The lowest BCUT2D eigenvalue weighted by atomic mass is 10.1. The molecule has 1 aliphatic rings. The molecule has 1 aliphatic heterocycles. The highest BCUT2D eigenvalue weighted by molar-refractivity contribution is 14.0. The normalized spacial score (nSPS) is 16.2. The van der Waals surface area contributed by atoms with Crippen LogP contribution in [0, 0.1) is 5.92 Å². The molecule has 0 saturated carbocycles. The smallest absolute Gasteiger partial charge is 0.193 e. The van der Waals surface area contributed by atoms with Crippen LogP contribution in [0.2, 0.25) is 0 Å². The summed E-state index contributed by atoms with van der Waals surface area (Å²) in [5, 5.41) is 3.50. The molecule has 0 amide bonds. The lowest BCUT2D eigenvalue weighted by Crippen LogP contribution is -2.39. The Labute approximate surface area is 210 Å². The van der Waals surface area contributed by atoms with Gasteiger partial charge in [0.25, 0.3) is 0 Å². The summed E-state index contributed by atoms with van der Waals surface area (Å²) in [6, 6.07) is 18.6. The van der Waals surface area contributed by atoms with Crippen molar-refractivity contribution in [2.45, 2.75) is 19.6 Å². The van der Waals surface area contributed by atoms with E-state index in [-0.39, 0.29) is 24.0 Å². The third-order valence-corrected chi connectivity index (χ3v) is 5.42. The molecule has 6 nitrogen and oxygen atoms in total. The van der Waals surface area contributed by atoms with Crippen LogP contribution in [0.1, 0.15) is 17.5 Å². The number of halogens is 1. The maximum atomic E-state index is 5.95. The monoisotopic (exact) mass is 552 g/mol. The third-order valence-electron chi connectivity index (χ3n) is 5.42. The van der Waals surface area contributed by atoms with Crippen LogP contribution in [0.3, 0.4) is 0 Å². The first kappa shape index (κ1) is 26.4. The summed E-state index contributed by atoms with van der Waals surface area (Å²) in [5.41, 5.74) is 2.41. The zero-order valence-corrected chi connectivity index (χ0v) is 21.8. The van der Waals surface area contributed by atoms with E-state index in [2.05, 4.69) is 56.5 Å². The molecular formula is C25H37IN4O2. The Hall–Kier alpha value is -1.84. The number of nitrogens with zero attached hydrogens (tertiary/aromatic N) is 3.